The van der Waals surface area contributed by atoms with Crippen LogP contribution in [0.5, 0.6) is 11.6 Å². The van der Waals surface area contributed by atoms with Crippen LogP contribution in [-0.2, 0) is 10.9 Å². The Morgan fingerprint density at radius 2 is 1.88 bits per heavy atom. The maximum atomic E-state index is 13.2. The number of hydrogen-bond donors (Lipinski definition) is 0. The first-order valence-corrected chi connectivity index (χ1v) is 7.07. The number of pyridine rings is 2. The molecule has 3 aromatic rings. The van der Waals surface area contributed by atoms with Crippen molar-refractivity contribution in [2.75, 3.05) is 7.11 Å². The second-order valence-corrected chi connectivity index (χ2v) is 4.99. The number of carbonyl (C=O) groups is 1. The molecule has 0 spiro atoms. The monoisotopic (exact) mass is 348 g/mol. The van der Waals surface area contributed by atoms with E-state index in [1.165, 1.54) is 0 Å². The third kappa shape index (κ3) is 3.37. The first-order valence-electron chi connectivity index (χ1n) is 7.07. The third-order valence-corrected chi connectivity index (χ3v) is 3.40. The molecule has 0 saturated carbocycles. The van der Waals surface area contributed by atoms with Gasteiger partial charge in [0, 0.05) is 23.8 Å². The molecule has 0 saturated heterocycles. The Labute approximate surface area is 140 Å². The number of methoxy groups -OCH3 is 1. The molecule has 0 radical (unpaired) electrons. The average molecular weight is 348 g/mol. The molecule has 0 amide bonds. The first-order chi connectivity index (χ1) is 11.9. The van der Waals surface area contributed by atoms with E-state index in [-0.39, 0.29) is 11.6 Å². The number of para-hydroxylation sites is 1. The number of benzene rings is 1. The molecule has 0 unspecified atom stereocenters. The van der Waals surface area contributed by atoms with Gasteiger partial charge in [-0.15, -0.1) is 0 Å². The van der Waals surface area contributed by atoms with Gasteiger partial charge < -0.3 is 9.47 Å². The zero-order valence-electron chi connectivity index (χ0n) is 12.9. The highest BCUT2D eigenvalue weighted by Crippen LogP contribution is 2.35. The maximum absolute atomic E-state index is 13.2. The number of esters is 1. The molecule has 0 aliphatic heterocycles. The fraction of sp³-hybridized carbons (Fsp3) is 0.118. The van der Waals surface area contributed by atoms with Crippen LogP contribution >= 0.6 is 0 Å². The molecule has 25 heavy (non-hydrogen) atoms. The molecule has 0 N–H and O–H groups in total. The smallest absolute Gasteiger partial charge is 0.417 e. The van der Waals surface area contributed by atoms with E-state index in [0.717, 1.165) is 18.7 Å². The van der Waals surface area contributed by atoms with Crippen LogP contribution in [0.1, 0.15) is 15.9 Å². The maximum Gasteiger partial charge on any atom is 0.417 e. The number of ether oxygens (including phenoxy) is 2. The summed E-state index contributed by atoms with van der Waals surface area (Å²) >= 11 is 0. The lowest BCUT2D eigenvalue weighted by Crippen LogP contribution is -2.15. The molecule has 5 nitrogen and oxygen atoms in total. The minimum atomic E-state index is -4.76. The molecule has 0 bridgehead atoms. The van der Waals surface area contributed by atoms with Crippen LogP contribution in [0.25, 0.3) is 10.9 Å². The lowest BCUT2D eigenvalue weighted by molar-refractivity contribution is -0.138. The zero-order valence-corrected chi connectivity index (χ0v) is 12.9. The fourth-order valence-electron chi connectivity index (χ4n) is 2.27. The number of rotatable bonds is 3. The largest absolute Gasteiger partial charge is 0.465 e. The summed E-state index contributed by atoms with van der Waals surface area (Å²) < 4.78 is 49.5. The van der Waals surface area contributed by atoms with Crippen molar-refractivity contribution in [3.05, 3.63) is 59.9 Å². The Morgan fingerprint density at radius 3 is 2.60 bits per heavy atom. The Kier molecular flexibility index (Phi) is 4.26. The summed E-state index contributed by atoms with van der Waals surface area (Å²) in [6, 6.07) is 9.24. The van der Waals surface area contributed by atoms with Crippen molar-refractivity contribution in [3.8, 4) is 11.6 Å². The summed E-state index contributed by atoms with van der Waals surface area (Å²) in [7, 11) is 0.995. The van der Waals surface area contributed by atoms with Crippen molar-refractivity contribution in [1.29, 1.82) is 0 Å². The Bertz CT molecular complexity index is 937. The van der Waals surface area contributed by atoms with Crippen molar-refractivity contribution in [1.82, 2.24) is 9.97 Å². The molecule has 0 aliphatic rings. The Hall–Kier alpha value is -3.16. The van der Waals surface area contributed by atoms with Crippen molar-refractivity contribution < 1.29 is 27.4 Å². The lowest BCUT2D eigenvalue weighted by Gasteiger charge is -2.13. The SMILES string of the molecule is COC(=O)c1cnc(Oc2cccc3cccnc23)cc1C(F)(F)F. The quantitative estimate of drug-likeness (QED) is 0.663. The molecule has 8 heteroatoms. The van der Waals surface area contributed by atoms with Gasteiger partial charge in [-0.2, -0.15) is 13.2 Å². The van der Waals surface area contributed by atoms with Gasteiger partial charge in [-0.25, -0.2) is 9.78 Å². The molecular weight excluding hydrogens is 337 g/mol. The van der Waals surface area contributed by atoms with Gasteiger partial charge in [-0.05, 0) is 12.1 Å². The van der Waals surface area contributed by atoms with E-state index in [9.17, 15) is 18.0 Å². The van der Waals surface area contributed by atoms with Crippen LogP contribution in [0.4, 0.5) is 13.2 Å². The van der Waals surface area contributed by atoms with Gasteiger partial charge in [-0.3, -0.25) is 4.98 Å². The second-order valence-electron chi connectivity index (χ2n) is 4.99. The molecule has 0 fully saturated rings. The lowest BCUT2D eigenvalue weighted by atomic mass is 10.1. The predicted octanol–water partition coefficient (Wildman–Crippen LogP) is 4.23. The molecule has 1 aromatic carbocycles. The normalized spacial score (nSPS) is 11.4. The van der Waals surface area contributed by atoms with E-state index in [0.29, 0.717) is 11.6 Å². The third-order valence-electron chi connectivity index (χ3n) is 3.40. The van der Waals surface area contributed by atoms with Crippen LogP contribution in [-0.4, -0.2) is 23.0 Å². The minimum absolute atomic E-state index is 0.254. The van der Waals surface area contributed by atoms with E-state index >= 15 is 0 Å². The number of halogens is 3. The van der Waals surface area contributed by atoms with Gasteiger partial charge in [0.1, 0.15) is 5.52 Å². The molecule has 3 rings (SSSR count). The molecular formula is C17H11F3N2O3. The van der Waals surface area contributed by atoms with Crippen LogP contribution in [0.3, 0.4) is 0 Å². The Balaban J connectivity index is 2.05. The molecule has 0 atom stereocenters. The van der Waals surface area contributed by atoms with Crippen molar-refractivity contribution in [2.45, 2.75) is 6.18 Å². The van der Waals surface area contributed by atoms with Gasteiger partial charge in [0.25, 0.3) is 0 Å². The first kappa shape index (κ1) is 16.7. The number of fused-ring (bicyclic) bond motifs is 1. The van der Waals surface area contributed by atoms with Crippen LogP contribution in [0.15, 0.2) is 48.8 Å². The highest BCUT2D eigenvalue weighted by Gasteiger charge is 2.36. The summed E-state index contributed by atoms with van der Waals surface area (Å²) in [4.78, 5) is 19.4. The topological polar surface area (TPSA) is 61.3 Å². The standard InChI is InChI=1S/C17H11F3N2O3/c1-24-16(23)11-9-22-14(8-12(11)17(18,19)20)25-13-6-2-4-10-5-3-7-21-15(10)13/h2-9H,1H3. The minimum Gasteiger partial charge on any atom is -0.465 e. The molecule has 2 aromatic heterocycles. The zero-order chi connectivity index (χ0) is 18.0. The molecule has 2 heterocycles. The van der Waals surface area contributed by atoms with Gasteiger partial charge >= 0.3 is 12.1 Å². The fourth-order valence-corrected chi connectivity index (χ4v) is 2.27. The number of alkyl halides is 3. The summed E-state index contributed by atoms with van der Waals surface area (Å²) in [6.45, 7) is 0. The van der Waals surface area contributed by atoms with Gasteiger partial charge in [0.2, 0.25) is 5.88 Å². The van der Waals surface area contributed by atoms with E-state index < -0.39 is 23.3 Å². The average Bonchev–Trinajstić information content (AvgIpc) is 2.60. The van der Waals surface area contributed by atoms with Crippen molar-refractivity contribution >= 4 is 16.9 Å². The van der Waals surface area contributed by atoms with E-state index in [2.05, 4.69) is 14.7 Å². The molecule has 128 valence electrons. The number of hydrogen-bond acceptors (Lipinski definition) is 5. The van der Waals surface area contributed by atoms with Gasteiger partial charge in [0.05, 0.1) is 18.2 Å². The summed E-state index contributed by atoms with van der Waals surface area (Å²) in [5.41, 5.74) is -1.38. The van der Waals surface area contributed by atoms with Gasteiger partial charge in [0.15, 0.2) is 5.75 Å². The second kappa shape index (κ2) is 6.39. The molecule has 0 aliphatic carbocycles. The van der Waals surface area contributed by atoms with Crippen LogP contribution < -0.4 is 4.74 Å². The van der Waals surface area contributed by atoms with Crippen LogP contribution in [0.2, 0.25) is 0 Å². The van der Waals surface area contributed by atoms with Crippen LogP contribution in [0, 0.1) is 0 Å². The number of nitrogens with zero attached hydrogens (tertiary/aromatic N) is 2. The van der Waals surface area contributed by atoms with E-state index in [1.54, 1.807) is 36.5 Å². The Morgan fingerprint density at radius 1 is 1.12 bits per heavy atom. The number of aromatic nitrogens is 2. The predicted molar refractivity (Wildman–Crippen MR) is 82.4 cm³/mol. The summed E-state index contributed by atoms with van der Waals surface area (Å²) in [5, 5.41) is 0.766. The van der Waals surface area contributed by atoms with E-state index in [1.807, 2.05) is 0 Å². The highest BCUT2D eigenvalue weighted by molar-refractivity contribution is 5.91. The highest BCUT2D eigenvalue weighted by atomic mass is 19.4. The van der Waals surface area contributed by atoms with E-state index in [4.69, 9.17) is 4.74 Å². The number of carbonyl (C=O) groups excluding carboxylic acids is 1. The van der Waals surface area contributed by atoms with Crippen molar-refractivity contribution in [3.63, 3.8) is 0 Å². The van der Waals surface area contributed by atoms with Gasteiger partial charge in [-0.1, -0.05) is 18.2 Å². The summed E-state index contributed by atoms with van der Waals surface area (Å²) in [6.07, 6.45) is -2.44. The summed E-state index contributed by atoms with van der Waals surface area (Å²) in [5.74, 6) is -1.18. The van der Waals surface area contributed by atoms with Crippen molar-refractivity contribution in [2.24, 2.45) is 0 Å².